The van der Waals surface area contributed by atoms with E-state index in [0.717, 1.165) is 24.2 Å². The quantitative estimate of drug-likeness (QED) is 0.313. The minimum Gasteiger partial charge on any atom is -0.368 e. The number of fused-ring (bicyclic) bond motifs is 3. The summed E-state index contributed by atoms with van der Waals surface area (Å²) in [7, 11) is 0. The van der Waals surface area contributed by atoms with Gasteiger partial charge in [-0.15, -0.1) is 10.2 Å². The summed E-state index contributed by atoms with van der Waals surface area (Å²) in [5.74, 6) is 1.34. The monoisotopic (exact) mass is 534 g/mol. The molecule has 204 valence electrons. The highest BCUT2D eigenvalue weighted by Gasteiger charge is 2.23. The van der Waals surface area contributed by atoms with Gasteiger partial charge in [-0.25, -0.2) is 0 Å². The average Bonchev–Trinajstić information content (AvgIpc) is 3.42. The Balaban J connectivity index is 1.19. The Kier molecular flexibility index (Phi) is 7.07. The molecule has 0 radical (unpaired) electrons. The molecule has 0 atom stereocenters. The first-order valence-corrected chi connectivity index (χ1v) is 14.0. The Morgan fingerprint density at radius 3 is 2.38 bits per heavy atom. The van der Waals surface area contributed by atoms with Gasteiger partial charge >= 0.3 is 0 Å². The highest BCUT2D eigenvalue weighted by Crippen LogP contribution is 2.24. The maximum absolute atomic E-state index is 13.4. The van der Waals surface area contributed by atoms with Gasteiger partial charge in [0.2, 0.25) is 11.7 Å². The Hall–Kier alpha value is -4.46. The SMILES string of the molecule is Cc1cccc(N2CCN(C(=O)CCc3nnc4n(CCc5ccccc5)c(=O)c5ccccc5n34)CC2)c1C. The molecule has 3 aromatic carbocycles. The van der Waals surface area contributed by atoms with Crippen molar-refractivity contribution in [2.24, 2.45) is 0 Å². The maximum Gasteiger partial charge on any atom is 0.262 e. The molecule has 6 rings (SSSR count). The fraction of sp³-hybridized carbons (Fsp3) is 0.312. The number of aromatic nitrogens is 4. The molecule has 0 spiro atoms. The first-order valence-electron chi connectivity index (χ1n) is 14.0. The van der Waals surface area contributed by atoms with Crippen LogP contribution in [0.4, 0.5) is 5.69 Å². The van der Waals surface area contributed by atoms with Gasteiger partial charge in [-0.05, 0) is 55.2 Å². The molecule has 1 fully saturated rings. The minimum atomic E-state index is -0.0734. The average molecular weight is 535 g/mol. The number of carbonyl (C=O) groups excluding carboxylic acids is 1. The topological polar surface area (TPSA) is 75.7 Å². The largest absolute Gasteiger partial charge is 0.368 e. The molecule has 8 heteroatoms. The van der Waals surface area contributed by atoms with Crippen LogP contribution in [0.1, 0.15) is 28.9 Å². The van der Waals surface area contributed by atoms with Gasteiger partial charge in [0, 0.05) is 51.3 Å². The van der Waals surface area contributed by atoms with Crippen molar-refractivity contribution in [3.05, 3.63) is 106 Å². The molecule has 0 aliphatic carbocycles. The van der Waals surface area contributed by atoms with Crippen LogP contribution in [-0.4, -0.2) is 56.2 Å². The molecule has 5 aromatic rings. The summed E-state index contributed by atoms with van der Waals surface area (Å²) >= 11 is 0. The summed E-state index contributed by atoms with van der Waals surface area (Å²) in [6.45, 7) is 7.85. The predicted molar refractivity (Wildman–Crippen MR) is 158 cm³/mol. The Morgan fingerprint density at radius 2 is 1.57 bits per heavy atom. The molecule has 1 amide bonds. The van der Waals surface area contributed by atoms with Crippen molar-refractivity contribution in [2.75, 3.05) is 31.1 Å². The van der Waals surface area contributed by atoms with Crippen LogP contribution in [0.3, 0.4) is 0 Å². The summed E-state index contributed by atoms with van der Waals surface area (Å²) < 4.78 is 3.66. The first kappa shape index (κ1) is 25.8. The molecular formula is C32H34N6O2. The van der Waals surface area contributed by atoms with E-state index in [-0.39, 0.29) is 11.5 Å². The summed E-state index contributed by atoms with van der Waals surface area (Å²) in [5, 5.41) is 9.52. The number of hydrogen-bond donors (Lipinski definition) is 0. The highest BCUT2D eigenvalue weighted by atomic mass is 16.2. The number of para-hydroxylation sites is 1. The van der Waals surface area contributed by atoms with Crippen LogP contribution < -0.4 is 10.5 Å². The number of piperazine rings is 1. The molecule has 1 aliphatic rings. The van der Waals surface area contributed by atoms with Crippen LogP contribution in [0.25, 0.3) is 16.7 Å². The van der Waals surface area contributed by atoms with Crippen molar-refractivity contribution in [1.82, 2.24) is 24.1 Å². The maximum atomic E-state index is 13.4. The third kappa shape index (κ3) is 4.85. The van der Waals surface area contributed by atoms with E-state index >= 15 is 0 Å². The van der Waals surface area contributed by atoms with Crippen molar-refractivity contribution < 1.29 is 4.79 Å². The number of benzene rings is 3. The Bertz CT molecular complexity index is 1730. The van der Waals surface area contributed by atoms with E-state index in [0.29, 0.717) is 55.9 Å². The molecule has 0 bridgehead atoms. The van der Waals surface area contributed by atoms with Gasteiger partial charge in [-0.2, -0.15) is 0 Å². The minimum absolute atomic E-state index is 0.0734. The van der Waals surface area contributed by atoms with Crippen molar-refractivity contribution in [1.29, 1.82) is 0 Å². The standard InChI is InChI=1S/C32H34N6O2/c1-23-9-8-14-27(24(23)2)35-19-21-36(22-20-35)30(39)16-15-29-33-34-32-37(18-17-25-10-4-3-5-11-25)31(40)26-12-6-7-13-28(26)38(29)32/h3-14H,15-22H2,1-2H3. The molecule has 0 N–H and O–H groups in total. The number of anilines is 1. The van der Waals surface area contributed by atoms with E-state index in [9.17, 15) is 9.59 Å². The lowest BCUT2D eigenvalue weighted by Gasteiger charge is -2.37. The van der Waals surface area contributed by atoms with E-state index in [4.69, 9.17) is 0 Å². The van der Waals surface area contributed by atoms with Gasteiger partial charge < -0.3 is 9.80 Å². The van der Waals surface area contributed by atoms with Crippen molar-refractivity contribution in [3.63, 3.8) is 0 Å². The van der Waals surface area contributed by atoms with Crippen molar-refractivity contribution in [3.8, 4) is 0 Å². The summed E-state index contributed by atoms with van der Waals surface area (Å²) in [5.41, 5.74) is 5.70. The van der Waals surface area contributed by atoms with Gasteiger partial charge in [0.1, 0.15) is 5.82 Å². The zero-order valence-corrected chi connectivity index (χ0v) is 23.1. The van der Waals surface area contributed by atoms with E-state index in [1.165, 1.54) is 16.8 Å². The predicted octanol–water partition coefficient (Wildman–Crippen LogP) is 4.19. The van der Waals surface area contributed by atoms with E-state index < -0.39 is 0 Å². The Morgan fingerprint density at radius 1 is 0.825 bits per heavy atom. The number of rotatable bonds is 7. The number of carbonyl (C=O) groups is 1. The van der Waals surface area contributed by atoms with Crippen molar-refractivity contribution in [2.45, 2.75) is 39.7 Å². The van der Waals surface area contributed by atoms with Crippen LogP contribution in [0, 0.1) is 13.8 Å². The van der Waals surface area contributed by atoms with E-state index in [1.807, 2.05) is 51.8 Å². The normalized spacial score (nSPS) is 13.8. The number of nitrogens with zero attached hydrogens (tertiary/aromatic N) is 6. The number of aryl methyl sites for hydroxylation is 4. The molecule has 1 saturated heterocycles. The zero-order valence-electron chi connectivity index (χ0n) is 23.1. The van der Waals surface area contributed by atoms with Crippen LogP contribution >= 0.6 is 0 Å². The van der Waals surface area contributed by atoms with Gasteiger partial charge in [0.25, 0.3) is 5.56 Å². The van der Waals surface area contributed by atoms with Crippen LogP contribution in [0.15, 0.2) is 77.6 Å². The third-order valence-electron chi connectivity index (χ3n) is 8.15. The van der Waals surface area contributed by atoms with Gasteiger partial charge in [0.15, 0.2) is 0 Å². The molecule has 8 nitrogen and oxygen atoms in total. The Labute approximate surface area is 233 Å². The summed E-state index contributed by atoms with van der Waals surface area (Å²) in [6, 6.07) is 24.1. The fourth-order valence-corrected chi connectivity index (χ4v) is 5.72. The highest BCUT2D eigenvalue weighted by molar-refractivity contribution is 5.80. The number of amides is 1. The molecule has 0 saturated carbocycles. The lowest BCUT2D eigenvalue weighted by molar-refractivity contribution is -0.131. The van der Waals surface area contributed by atoms with Crippen LogP contribution in [-0.2, 0) is 24.2 Å². The molecular weight excluding hydrogens is 500 g/mol. The van der Waals surface area contributed by atoms with Gasteiger partial charge in [0.05, 0.1) is 10.9 Å². The summed E-state index contributed by atoms with van der Waals surface area (Å²) in [6.07, 6.45) is 1.52. The van der Waals surface area contributed by atoms with Gasteiger partial charge in [-0.1, -0.05) is 54.6 Å². The lowest BCUT2D eigenvalue weighted by atomic mass is 10.1. The smallest absolute Gasteiger partial charge is 0.262 e. The van der Waals surface area contributed by atoms with E-state index in [2.05, 4.69) is 59.3 Å². The fourth-order valence-electron chi connectivity index (χ4n) is 5.72. The second-order valence-electron chi connectivity index (χ2n) is 10.5. The third-order valence-corrected chi connectivity index (χ3v) is 8.15. The van der Waals surface area contributed by atoms with Crippen molar-refractivity contribution >= 4 is 28.3 Å². The first-order chi connectivity index (χ1) is 19.5. The zero-order chi connectivity index (χ0) is 27.6. The molecule has 1 aliphatic heterocycles. The molecule has 40 heavy (non-hydrogen) atoms. The molecule has 3 heterocycles. The van der Waals surface area contributed by atoms with Crippen LogP contribution in [0.2, 0.25) is 0 Å². The summed E-state index contributed by atoms with van der Waals surface area (Å²) in [4.78, 5) is 31.0. The van der Waals surface area contributed by atoms with Crippen LogP contribution in [0.5, 0.6) is 0 Å². The lowest BCUT2D eigenvalue weighted by Crippen LogP contribution is -2.49. The second-order valence-corrected chi connectivity index (χ2v) is 10.5. The number of hydrogen-bond acceptors (Lipinski definition) is 5. The molecule has 2 aromatic heterocycles. The molecule has 0 unspecified atom stereocenters. The van der Waals surface area contributed by atoms with E-state index in [1.54, 1.807) is 4.57 Å². The second kappa shape index (κ2) is 11.0. The van der Waals surface area contributed by atoms with Gasteiger partial charge in [-0.3, -0.25) is 18.6 Å².